The predicted molar refractivity (Wildman–Crippen MR) is 85.3 cm³/mol. The van der Waals surface area contributed by atoms with Crippen molar-refractivity contribution in [1.29, 1.82) is 0 Å². The summed E-state index contributed by atoms with van der Waals surface area (Å²) in [6.45, 7) is 2.93. The van der Waals surface area contributed by atoms with Gasteiger partial charge in [-0.15, -0.1) is 0 Å². The molecule has 0 aliphatic rings. The highest BCUT2D eigenvalue weighted by atomic mass is 15.3. The molecule has 0 saturated heterocycles. The summed E-state index contributed by atoms with van der Waals surface area (Å²) >= 11 is 0. The quantitative estimate of drug-likeness (QED) is 0.770. The molecular weight excluding hydrogens is 258 g/mol. The molecule has 0 aliphatic carbocycles. The van der Waals surface area contributed by atoms with E-state index in [9.17, 15) is 0 Å². The Kier molecular flexibility index (Phi) is 4.12. The van der Waals surface area contributed by atoms with Gasteiger partial charge >= 0.3 is 0 Å². The number of nitrogens with one attached hydrogen (secondary N) is 1. The van der Waals surface area contributed by atoms with E-state index in [0.29, 0.717) is 6.04 Å². The summed E-state index contributed by atoms with van der Waals surface area (Å²) in [4.78, 5) is 0. The zero-order valence-electron chi connectivity index (χ0n) is 12.1. The number of rotatable bonds is 5. The first-order valence-electron chi connectivity index (χ1n) is 7.21. The number of nitrogens with zero attached hydrogens (tertiary/aromatic N) is 2. The molecule has 1 N–H and O–H groups in total. The average molecular weight is 277 g/mol. The fourth-order valence-corrected chi connectivity index (χ4v) is 2.30. The van der Waals surface area contributed by atoms with E-state index in [2.05, 4.69) is 59.8 Å². The number of benzene rings is 2. The molecule has 1 aromatic heterocycles. The second kappa shape index (κ2) is 6.37. The number of aromatic nitrogens is 2. The summed E-state index contributed by atoms with van der Waals surface area (Å²) in [7, 11) is 0. The van der Waals surface area contributed by atoms with Gasteiger partial charge in [-0.05, 0) is 30.7 Å². The van der Waals surface area contributed by atoms with Gasteiger partial charge in [0.05, 0.1) is 11.4 Å². The smallest absolute Gasteiger partial charge is 0.0767 e. The van der Waals surface area contributed by atoms with Crippen LogP contribution in [-0.4, -0.2) is 9.78 Å². The maximum absolute atomic E-state index is 4.60. The van der Waals surface area contributed by atoms with Crippen molar-refractivity contribution in [2.45, 2.75) is 19.5 Å². The van der Waals surface area contributed by atoms with E-state index in [1.165, 1.54) is 5.56 Å². The first-order valence-corrected chi connectivity index (χ1v) is 7.21. The fourth-order valence-electron chi connectivity index (χ4n) is 2.30. The van der Waals surface area contributed by atoms with E-state index >= 15 is 0 Å². The third-order valence-electron chi connectivity index (χ3n) is 3.55. The van der Waals surface area contributed by atoms with Gasteiger partial charge in [-0.1, -0.05) is 48.5 Å². The summed E-state index contributed by atoms with van der Waals surface area (Å²) in [6.07, 6.45) is 2.00. The molecule has 21 heavy (non-hydrogen) atoms. The van der Waals surface area contributed by atoms with Crippen molar-refractivity contribution in [3.05, 3.63) is 84.2 Å². The molecule has 3 aromatic rings. The summed E-state index contributed by atoms with van der Waals surface area (Å²) in [5.41, 5.74) is 3.42. The molecule has 0 fully saturated rings. The van der Waals surface area contributed by atoms with Crippen molar-refractivity contribution >= 4 is 0 Å². The Morgan fingerprint density at radius 3 is 2.33 bits per heavy atom. The van der Waals surface area contributed by atoms with Gasteiger partial charge in [0.25, 0.3) is 0 Å². The van der Waals surface area contributed by atoms with E-state index in [-0.39, 0.29) is 0 Å². The lowest BCUT2D eigenvalue weighted by Gasteiger charge is -2.13. The molecular formula is C18H19N3. The molecule has 0 aliphatic heterocycles. The van der Waals surface area contributed by atoms with Gasteiger partial charge in [0, 0.05) is 18.8 Å². The maximum atomic E-state index is 4.60. The predicted octanol–water partition coefficient (Wildman–Crippen LogP) is 3.72. The van der Waals surface area contributed by atoms with Crippen LogP contribution >= 0.6 is 0 Å². The van der Waals surface area contributed by atoms with E-state index in [4.69, 9.17) is 0 Å². The molecule has 1 atom stereocenters. The second-order valence-corrected chi connectivity index (χ2v) is 5.10. The Hall–Kier alpha value is -2.39. The van der Waals surface area contributed by atoms with Crippen LogP contribution in [0.2, 0.25) is 0 Å². The Morgan fingerprint density at radius 1 is 0.952 bits per heavy atom. The van der Waals surface area contributed by atoms with Crippen LogP contribution in [0.3, 0.4) is 0 Å². The molecule has 0 saturated carbocycles. The Labute approximate surface area is 125 Å². The van der Waals surface area contributed by atoms with E-state index in [0.717, 1.165) is 17.9 Å². The third kappa shape index (κ3) is 3.38. The highest BCUT2D eigenvalue weighted by Crippen LogP contribution is 2.12. The van der Waals surface area contributed by atoms with E-state index < -0.39 is 0 Å². The molecule has 3 nitrogen and oxygen atoms in total. The zero-order valence-corrected chi connectivity index (χ0v) is 12.1. The molecule has 3 heteroatoms. The van der Waals surface area contributed by atoms with Crippen LogP contribution in [0.25, 0.3) is 5.69 Å². The molecule has 0 radical (unpaired) electrons. The van der Waals surface area contributed by atoms with Crippen molar-refractivity contribution in [3.8, 4) is 5.69 Å². The second-order valence-electron chi connectivity index (χ2n) is 5.10. The normalized spacial score (nSPS) is 12.2. The highest BCUT2D eigenvalue weighted by Gasteiger charge is 2.06. The molecule has 0 spiro atoms. The van der Waals surface area contributed by atoms with Crippen molar-refractivity contribution < 1.29 is 0 Å². The van der Waals surface area contributed by atoms with Crippen LogP contribution in [0.5, 0.6) is 0 Å². The van der Waals surface area contributed by atoms with E-state index in [1.54, 1.807) is 0 Å². The van der Waals surface area contributed by atoms with Gasteiger partial charge in [-0.3, -0.25) is 0 Å². The fraction of sp³-hybridized carbons (Fsp3) is 0.167. The molecule has 1 heterocycles. The maximum Gasteiger partial charge on any atom is 0.0767 e. The summed E-state index contributed by atoms with van der Waals surface area (Å²) < 4.78 is 1.91. The molecule has 0 amide bonds. The van der Waals surface area contributed by atoms with Crippen molar-refractivity contribution in [1.82, 2.24) is 15.1 Å². The molecule has 0 unspecified atom stereocenters. The Bertz CT molecular complexity index is 674. The van der Waals surface area contributed by atoms with E-state index in [1.807, 2.05) is 35.1 Å². The lowest BCUT2D eigenvalue weighted by atomic mass is 10.1. The Balaban J connectivity index is 1.63. The first-order chi connectivity index (χ1) is 10.3. The average Bonchev–Trinajstić information content (AvgIpc) is 3.03. The standard InChI is InChI=1S/C18H19N3/c1-15(16-8-4-2-5-9-16)19-14-17-12-13-21(20-17)18-10-6-3-7-11-18/h2-13,15,19H,14H2,1H3/t15-/m0/s1. The minimum atomic E-state index is 0.313. The van der Waals surface area contributed by atoms with Gasteiger partial charge in [-0.25, -0.2) is 4.68 Å². The van der Waals surface area contributed by atoms with Crippen LogP contribution in [0.1, 0.15) is 24.2 Å². The number of hydrogen-bond acceptors (Lipinski definition) is 2. The van der Waals surface area contributed by atoms with Crippen molar-refractivity contribution in [2.75, 3.05) is 0 Å². The minimum Gasteiger partial charge on any atom is -0.304 e. The topological polar surface area (TPSA) is 29.9 Å². The summed E-state index contributed by atoms with van der Waals surface area (Å²) in [6, 6.07) is 23.0. The molecule has 2 aromatic carbocycles. The SMILES string of the molecule is C[C@H](NCc1ccn(-c2ccccc2)n1)c1ccccc1. The molecule has 3 rings (SSSR count). The lowest BCUT2D eigenvalue weighted by molar-refractivity contribution is 0.564. The minimum absolute atomic E-state index is 0.313. The largest absolute Gasteiger partial charge is 0.304 e. The number of para-hydroxylation sites is 1. The van der Waals surface area contributed by atoms with Gasteiger partial charge in [0.2, 0.25) is 0 Å². The van der Waals surface area contributed by atoms with Crippen LogP contribution in [0.4, 0.5) is 0 Å². The van der Waals surface area contributed by atoms with Crippen LogP contribution < -0.4 is 5.32 Å². The monoisotopic (exact) mass is 277 g/mol. The van der Waals surface area contributed by atoms with Crippen molar-refractivity contribution in [2.24, 2.45) is 0 Å². The van der Waals surface area contributed by atoms with Gasteiger partial charge in [0.15, 0.2) is 0 Å². The third-order valence-corrected chi connectivity index (χ3v) is 3.55. The summed E-state index contributed by atoms with van der Waals surface area (Å²) in [5.74, 6) is 0. The van der Waals surface area contributed by atoms with Crippen molar-refractivity contribution in [3.63, 3.8) is 0 Å². The van der Waals surface area contributed by atoms with Gasteiger partial charge in [-0.2, -0.15) is 5.10 Å². The lowest BCUT2D eigenvalue weighted by Crippen LogP contribution is -2.18. The van der Waals surface area contributed by atoms with Gasteiger partial charge in [0.1, 0.15) is 0 Å². The first kappa shape index (κ1) is 13.6. The zero-order chi connectivity index (χ0) is 14.5. The molecule has 0 bridgehead atoms. The molecule has 106 valence electrons. The highest BCUT2D eigenvalue weighted by molar-refractivity contribution is 5.30. The van der Waals surface area contributed by atoms with Crippen LogP contribution in [-0.2, 0) is 6.54 Å². The van der Waals surface area contributed by atoms with Gasteiger partial charge < -0.3 is 5.32 Å². The van der Waals surface area contributed by atoms with Crippen LogP contribution in [0, 0.1) is 0 Å². The number of hydrogen-bond donors (Lipinski definition) is 1. The Morgan fingerprint density at radius 2 is 1.62 bits per heavy atom. The van der Waals surface area contributed by atoms with Crippen LogP contribution in [0.15, 0.2) is 72.9 Å². The summed E-state index contributed by atoms with van der Waals surface area (Å²) in [5, 5.41) is 8.10.